The molecule has 0 spiro atoms. The quantitative estimate of drug-likeness (QED) is 0.842. The molecule has 3 heteroatoms. The molecule has 0 fully saturated rings. The number of hydrogen-bond acceptors (Lipinski definition) is 2. The standard InChI is InChI=1S/C15H23NO2/c1-5-13(12-9-7-6-8-10-12)14(18)16-15(3,4)11(2)17/h6-11,13,17H,5H2,1-4H3,(H,16,18). The van der Waals surface area contributed by atoms with Gasteiger partial charge in [0.1, 0.15) is 0 Å². The molecule has 0 saturated carbocycles. The Labute approximate surface area is 109 Å². The predicted molar refractivity (Wildman–Crippen MR) is 73.4 cm³/mol. The van der Waals surface area contributed by atoms with Crippen LogP contribution in [-0.4, -0.2) is 22.7 Å². The van der Waals surface area contributed by atoms with Gasteiger partial charge in [0.2, 0.25) is 5.91 Å². The number of carbonyl (C=O) groups is 1. The largest absolute Gasteiger partial charge is 0.391 e. The maximum Gasteiger partial charge on any atom is 0.228 e. The summed E-state index contributed by atoms with van der Waals surface area (Å²) in [7, 11) is 0. The number of aliphatic hydroxyl groups is 1. The van der Waals surface area contributed by atoms with Crippen molar-refractivity contribution in [3.05, 3.63) is 35.9 Å². The van der Waals surface area contributed by atoms with Crippen molar-refractivity contribution in [1.82, 2.24) is 5.32 Å². The molecule has 1 aromatic carbocycles. The average Bonchev–Trinajstić information content (AvgIpc) is 2.30. The second-order valence-corrected chi connectivity index (χ2v) is 5.26. The lowest BCUT2D eigenvalue weighted by Gasteiger charge is -2.31. The highest BCUT2D eigenvalue weighted by molar-refractivity contribution is 5.84. The summed E-state index contributed by atoms with van der Waals surface area (Å²) in [4.78, 5) is 12.3. The first-order valence-electron chi connectivity index (χ1n) is 6.43. The fourth-order valence-electron chi connectivity index (χ4n) is 1.77. The van der Waals surface area contributed by atoms with Crippen molar-refractivity contribution in [3.63, 3.8) is 0 Å². The fourth-order valence-corrected chi connectivity index (χ4v) is 1.77. The number of benzene rings is 1. The van der Waals surface area contributed by atoms with Gasteiger partial charge in [-0.15, -0.1) is 0 Å². The zero-order valence-corrected chi connectivity index (χ0v) is 11.6. The molecule has 3 nitrogen and oxygen atoms in total. The molecule has 1 rings (SSSR count). The molecule has 0 aliphatic heterocycles. The molecule has 100 valence electrons. The fraction of sp³-hybridized carbons (Fsp3) is 0.533. The van der Waals surface area contributed by atoms with E-state index in [1.807, 2.05) is 51.1 Å². The third-order valence-electron chi connectivity index (χ3n) is 3.42. The number of amides is 1. The van der Waals surface area contributed by atoms with E-state index in [2.05, 4.69) is 5.32 Å². The number of nitrogens with one attached hydrogen (secondary N) is 1. The van der Waals surface area contributed by atoms with Crippen molar-refractivity contribution >= 4 is 5.91 Å². The number of rotatable bonds is 5. The van der Waals surface area contributed by atoms with Crippen molar-refractivity contribution in [3.8, 4) is 0 Å². The molecule has 0 heterocycles. The smallest absolute Gasteiger partial charge is 0.228 e. The lowest BCUT2D eigenvalue weighted by atomic mass is 9.92. The summed E-state index contributed by atoms with van der Waals surface area (Å²) in [6, 6.07) is 9.73. The van der Waals surface area contributed by atoms with Crippen molar-refractivity contribution in [1.29, 1.82) is 0 Å². The Morgan fingerprint density at radius 3 is 2.33 bits per heavy atom. The van der Waals surface area contributed by atoms with Gasteiger partial charge in [0.15, 0.2) is 0 Å². The SMILES string of the molecule is CCC(C(=O)NC(C)(C)C(C)O)c1ccccc1. The lowest BCUT2D eigenvalue weighted by molar-refractivity contribution is -0.125. The highest BCUT2D eigenvalue weighted by atomic mass is 16.3. The molecule has 2 atom stereocenters. The van der Waals surface area contributed by atoms with E-state index in [1.54, 1.807) is 6.92 Å². The van der Waals surface area contributed by atoms with Crippen LogP contribution >= 0.6 is 0 Å². The molecule has 0 radical (unpaired) electrons. The second-order valence-electron chi connectivity index (χ2n) is 5.26. The Morgan fingerprint density at radius 1 is 1.33 bits per heavy atom. The zero-order valence-electron chi connectivity index (χ0n) is 11.6. The van der Waals surface area contributed by atoms with Crippen LogP contribution in [0.3, 0.4) is 0 Å². The van der Waals surface area contributed by atoms with E-state index >= 15 is 0 Å². The maximum atomic E-state index is 12.3. The number of hydrogen-bond donors (Lipinski definition) is 2. The Hall–Kier alpha value is -1.35. The summed E-state index contributed by atoms with van der Waals surface area (Å²) >= 11 is 0. The Balaban J connectivity index is 2.82. The first kappa shape index (κ1) is 14.7. The summed E-state index contributed by atoms with van der Waals surface area (Å²) in [6.07, 6.45) is 0.154. The lowest BCUT2D eigenvalue weighted by Crippen LogP contribution is -2.52. The van der Waals surface area contributed by atoms with E-state index in [4.69, 9.17) is 0 Å². The molecular formula is C15H23NO2. The van der Waals surface area contributed by atoms with Crippen LogP contribution < -0.4 is 5.32 Å². The zero-order chi connectivity index (χ0) is 13.8. The van der Waals surface area contributed by atoms with Gasteiger partial charge in [0, 0.05) is 0 Å². The monoisotopic (exact) mass is 249 g/mol. The summed E-state index contributed by atoms with van der Waals surface area (Å²) < 4.78 is 0. The summed E-state index contributed by atoms with van der Waals surface area (Å²) in [5.41, 5.74) is 0.401. The summed E-state index contributed by atoms with van der Waals surface area (Å²) in [5.74, 6) is -0.196. The Kier molecular flexibility index (Phi) is 4.91. The first-order valence-corrected chi connectivity index (χ1v) is 6.43. The molecule has 18 heavy (non-hydrogen) atoms. The van der Waals surface area contributed by atoms with Gasteiger partial charge in [-0.25, -0.2) is 0 Å². The van der Waals surface area contributed by atoms with Crippen LogP contribution in [0.2, 0.25) is 0 Å². The number of aliphatic hydroxyl groups excluding tert-OH is 1. The highest BCUT2D eigenvalue weighted by Crippen LogP contribution is 2.21. The van der Waals surface area contributed by atoms with Crippen LogP contribution in [-0.2, 0) is 4.79 Å². The van der Waals surface area contributed by atoms with Gasteiger partial charge in [0.25, 0.3) is 0 Å². The minimum absolute atomic E-state index is 0.0328. The normalized spacial score (nSPS) is 14.9. The molecule has 0 aromatic heterocycles. The van der Waals surface area contributed by atoms with Gasteiger partial charge >= 0.3 is 0 Å². The molecular weight excluding hydrogens is 226 g/mol. The van der Waals surface area contributed by atoms with E-state index in [0.29, 0.717) is 0 Å². The van der Waals surface area contributed by atoms with Crippen molar-refractivity contribution in [2.45, 2.75) is 51.7 Å². The number of carbonyl (C=O) groups excluding carboxylic acids is 1. The average molecular weight is 249 g/mol. The van der Waals surface area contributed by atoms with Gasteiger partial charge in [0.05, 0.1) is 17.6 Å². The third-order valence-corrected chi connectivity index (χ3v) is 3.42. The van der Waals surface area contributed by atoms with Gasteiger partial charge in [-0.1, -0.05) is 37.3 Å². The van der Waals surface area contributed by atoms with E-state index in [-0.39, 0.29) is 11.8 Å². The highest BCUT2D eigenvalue weighted by Gasteiger charge is 2.29. The van der Waals surface area contributed by atoms with E-state index < -0.39 is 11.6 Å². The molecule has 0 bridgehead atoms. The Morgan fingerprint density at radius 2 is 1.89 bits per heavy atom. The van der Waals surface area contributed by atoms with E-state index in [9.17, 15) is 9.90 Å². The van der Waals surface area contributed by atoms with Gasteiger partial charge in [-0.3, -0.25) is 4.79 Å². The predicted octanol–water partition coefficient (Wildman–Crippen LogP) is 2.46. The molecule has 0 saturated heterocycles. The third kappa shape index (κ3) is 3.57. The van der Waals surface area contributed by atoms with Crippen molar-refractivity contribution in [2.24, 2.45) is 0 Å². The minimum Gasteiger partial charge on any atom is -0.391 e. The van der Waals surface area contributed by atoms with Crippen LogP contribution in [0.5, 0.6) is 0 Å². The minimum atomic E-state index is -0.612. The van der Waals surface area contributed by atoms with Crippen molar-refractivity contribution < 1.29 is 9.90 Å². The van der Waals surface area contributed by atoms with E-state index in [1.165, 1.54) is 0 Å². The van der Waals surface area contributed by atoms with Crippen LogP contribution in [0.1, 0.15) is 45.6 Å². The van der Waals surface area contributed by atoms with Crippen LogP contribution in [0.4, 0.5) is 0 Å². The first-order chi connectivity index (χ1) is 8.38. The van der Waals surface area contributed by atoms with Gasteiger partial charge < -0.3 is 10.4 Å². The topological polar surface area (TPSA) is 49.3 Å². The summed E-state index contributed by atoms with van der Waals surface area (Å²) in [6.45, 7) is 7.33. The molecule has 1 aromatic rings. The van der Waals surface area contributed by atoms with Gasteiger partial charge in [-0.05, 0) is 32.8 Å². The molecule has 0 aliphatic rings. The molecule has 2 unspecified atom stereocenters. The summed E-state index contributed by atoms with van der Waals surface area (Å²) in [5, 5.41) is 12.6. The molecule has 0 aliphatic carbocycles. The Bertz CT molecular complexity index is 385. The van der Waals surface area contributed by atoms with Gasteiger partial charge in [-0.2, -0.15) is 0 Å². The second kappa shape index (κ2) is 6.01. The molecule has 1 amide bonds. The maximum absolute atomic E-state index is 12.3. The van der Waals surface area contributed by atoms with Crippen LogP contribution in [0.15, 0.2) is 30.3 Å². The van der Waals surface area contributed by atoms with Crippen molar-refractivity contribution in [2.75, 3.05) is 0 Å². The van der Waals surface area contributed by atoms with E-state index in [0.717, 1.165) is 12.0 Å². The molecule has 2 N–H and O–H groups in total. The van der Waals surface area contributed by atoms with Crippen LogP contribution in [0.25, 0.3) is 0 Å². The van der Waals surface area contributed by atoms with Crippen LogP contribution in [0, 0.1) is 0 Å².